The third kappa shape index (κ3) is 3.25. The van der Waals surface area contributed by atoms with Crippen LogP contribution < -0.4 is 9.62 Å². The van der Waals surface area contributed by atoms with Crippen molar-refractivity contribution in [3.05, 3.63) is 53.1 Å². The van der Waals surface area contributed by atoms with E-state index in [0.29, 0.717) is 23.7 Å². The molecule has 0 radical (unpaired) electrons. The second kappa shape index (κ2) is 6.45. The lowest BCUT2D eigenvalue weighted by Gasteiger charge is -2.19. The van der Waals surface area contributed by atoms with E-state index < -0.39 is 10.0 Å². The second-order valence-electron chi connectivity index (χ2n) is 5.68. The Morgan fingerprint density at radius 3 is 2.54 bits per heavy atom. The van der Waals surface area contributed by atoms with Crippen LogP contribution in [0, 0.1) is 6.92 Å². The number of hydrogen-bond donors (Lipinski definition) is 1. The Bertz CT molecular complexity index is 896. The van der Waals surface area contributed by atoms with Gasteiger partial charge in [0.1, 0.15) is 0 Å². The molecule has 0 bridgehead atoms. The first-order valence-corrected chi connectivity index (χ1v) is 9.43. The molecular formula is C17H17ClN2O3S. The van der Waals surface area contributed by atoms with Crippen LogP contribution in [0.1, 0.15) is 18.4 Å². The summed E-state index contributed by atoms with van der Waals surface area (Å²) in [5.41, 5.74) is 1.83. The van der Waals surface area contributed by atoms with Gasteiger partial charge in [-0.15, -0.1) is 0 Å². The smallest absolute Gasteiger partial charge is 0.261 e. The minimum absolute atomic E-state index is 0.0721. The van der Waals surface area contributed by atoms with Crippen molar-refractivity contribution < 1.29 is 13.2 Å². The highest BCUT2D eigenvalue weighted by Gasteiger charge is 2.24. The minimum Gasteiger partial charge on any atom is -0.312 e. The maximum atomic E-state index is 12.6. The number of halogens is 1. The highest BCUT2D eigenvalue weighted by Crippen LogP contribution is 2.29. The Labute approximate surface area is 146 Å². The molecule has 7 heteroatoms. The van der Waals surface area contributed by atoms with Gasteiger partial charge in [-0.05, 0) is 49.2 Å². The maximum Gasteiger partial charge on any atom is 0.261 e. The highest BCUT2D eigenvalue weighted by atomic mass is 35.5. The third-order valence-corrected chi connectivity index (χ3v) is 5.65. The summed E-state index contributed by atoms with van der Waals surface area (Å²) in [6, 6.07) is 11.4. The van der Waals surface area contributed by atoms with E-state index in [1.807, 2.05) is 0 Å². The number of para-hydroxylation sites is 1. The quantitative estimate of drug-likeness (QED) is 0.901. The molecule has 1 amide bonds. The van der Waals surface area contributed by atoms with E-state index in [2.05, 4.69) is 4.72 Å². The Balaban J connectivity index is 1.90. The van der Waals surface area contributed by atoms with Crippen LogP contribution in [-0.2, 0) is 14.8 Å². The summed E-state index contributed by atoms with van der Waals surface area (Å²) in [7, 11) is -3.75. The predicted molar refractivity (Wildman–Crippen MR) is 95.0 cm³/mol. The topological polar surface area (TPSA) is 66.5 Å². The Morgan fingerprint density at radius 1 is 1.17 bits per heavy atom. The van der Waals surface area contributed by atoms with Crippen LogP contribution in [0.5, 0.6) is 0 Å². The summed E-state index contributed by atoms with van der Waals surface area (Å²) in [5.74, 6) is 0.0721. The van der Waals surface area contributed by atoms with Gasteiger partial charge in [0.25, 0.3) is 10.0 Å². The second-order valence-corrected chi connectivity index (χ2v) is 7.77. The van der Waals surface area contributed by atoms with Gasteiger partial charge in [0.2, 0.25) is 5.91 Å². The first-order valence-electron chi connectivity index (χ1n) is 7.57. The van der Waals surface area contributed by atoms with Crippen molar-refractivity contribution in [2.24, 2.45) is 0 Å². The van der Waals surface area contributed by atoms with Crippen LogP contribution in [0.15, 0.2) is 47.4 Å². The Hall–Kier alpha value is -2.05. The van der Waals surface area contributed by atoms with E-state index >= 15 is 0 Å². The van der Waals surface area contributed by atoms with Crippen LogP contribution in [0.4, 0.5) is 11.4 Å². The first kappa shape index (κ1) is 16.8. The zero-order chi connectivity index (χ0) is 17.3. The number of nitrogens with one attached hydrogen (secondary N) is 1. The molecule has 0 saturated carbocycles. The van der Waals surface area contributed by atoms with E-state index in [-0.39, 0.29) is 10.8 Å². The monoisotopic (exact) mass is 364 g/mol. The number of benzene rings is 2. The normalized spacial score (nSPS) is 14.9. The molecule has 1 saturated heterocycles. The van der Waals surface area contributed by atoms with E-state index in [0.717, 1.165) is 17.7 Å². The molecule has 1 aliphatic rings. The van der Waals surface area contributed by atoms with Crippen molar-refractivity contribution in [1.29, 1.82) is 0 Å². The van der Waals surface area contributed by atoms with Crippen molar-refractivity contribution in [3.8, 4) is 0 Å². The van der Waals surface area contributed by atoms with Gasteiger partial charge in [0.15, 0.2) is 0 Å². The number of carbonyl (C=O) groups excluding carboxylic acids is 1. The molecule has 0 unspecified atom stereocenters. The van der Waals surface area contributed by atoms with E-state index in [1.165, 1.54) is 6.07 Å². The fourth-order valence-electron chi connectivity index (χ4n) is 2.75. The van der Waals surface area contributed by atoms with Crippen LogP contribution in [0.3, 0.4) is 0 Å². The molecule has 1 heterocycles. The lowest BCUT2D eigenvalue weighted by molar-refractivity contribution is -0.117. The van der Waals surface area contributed by atoms with Crippen LogP contribution in [-0.4, -0.2) is 20.9 Å². The molecule has 0 aromatic heterocycles. The summed E-state index contributed by atoms with van der Waals surface area (Å²) >= 11 is 6.01. The van der Waals surface area contributed by atoms with Gasteiger partial charge in [-0.2, -0.15) is 0 Å². The third-order valence-electron chi connectivity index (χ3n) is 3.96. The molecule has 1 fully saturated rings. The minimum atomic E-state index is -3.75. The molecule has 24 heavy (non-hydrogen) atoms. The Morgan fingerprint density at radius 2 is 1.92 bits per heavy atom. The predicted octanol–water partition coefficient (Wildman–Crippen LogP) is 3.58. The lowest BCUT2D eigenvalue weighted by atomic mass is 10.2. The SMILES string of the molecule is Cc1cc(S(=O)(=O)Nc2ccccc2Cl)ccc1N1CCCC1=O. The van der Waals surface area contributed by atoms with Gasteiger partial charge in [-0.3, -0.25) is 9.52 Å². The van der Waals surface area contributed by atoms with Crippen LogP contribution >= 0.6 is 11.6 Å². The van der Waals surface area contributed by atoms with Gasteiger partial charge in [0.05, 0.1) is 15.6 Å². The highest BCUT2D eigenvalue weighted by molar-refractivity contribution is 7.92. The van der Waals surface area contributed by atoms with E-state index in [1.54, 1.807) is 48.2 Å². The fraction of sp³-hybridized carbons (Fsp3) is 0.235. The fourth-order valence-corrected chi connectivity index (χ4v) is 4.15. The number of amides is 1. The number of anilines is 2. The van der Waals surface area contributed by atoms with E-state index in [9.17, 15) is 13.2 Å². The number of nitrogens with zero attached hydrogens (tertiary/aromatic N) is 1. The molecule has 0 atom stereocenters. The van der Waals surface area contributed by atoms with Crippen molar-refractivity contribution in [2.45, 2.75) is 24.7 Å². The van der Waals surface area contributed by atoms with Crippen LogP contribution in [0.25, 0.3) is 0 Å². The average molecular weight is 365 g/mol. The summed E-state index contributed by atoms with van der Waals surface area (Å²) < 4.78 is 27.6. The molecule has 3 rings (SSSR count). The first-order chi connectivity index (χ1) is 11.4. The van der Waals surface area contributed by atoms with Gasteiger partial charge < -0.3 is 4.90 Å². The lowest BCUT2D eigenvalue weighted by Crippen LogP contribution is -2.24. The van der Waals surface area contributed by atoms with Crippen molar-refractivity contribution >= 4 is 38.9 Å². The van der Waals surface area contributed by atoms with Crippen LogP contribution in [0.2, 0.25) is 5.02 Å². The molecule has 0 spiro atoms. The molecule has 1 aliphatic heterocycles. The zero-order valence-electron chi connectivity index (χ0n) is 13.1. The molecular weight excluding hydrogens is 348 g/mol. The van der Waals surface area contributed by atoms with Gasteiger partial charge >= 0.3 is 0 Å². The molecule has 2 aromatic rings. The largest absolute Gasteiger partial charge is 0.312 e. The molecule has 1 N–H and O–H groups in total. The number of hydrogen-bond acceptors (Lipinski definition) is 3. The van der Waals surface area contributed by atoms with E-state index in [4.69, 9.17) is 11.6 Å². The molecule has 5 nitrogen and oxygen atoms in total. The molecule has 2 aromatic carbocycles. The summed E-state index contributed by atoms with van der Waals surface area (Å²) in [4.78, 5) is 13.7. The average Bonchev–Trinajstić information content (AvgIpc) is 2.95. The molecule has 126 valence electrons. The van der Waals surface area contributed by atoms with Crippen molar-refractivity contribution in [2.75, 3.05) is 16.2 Å². The number of sulfonamides is 1. The van der Waals surface area contributed by atoms with Crippen molar-refractivity contribution in [1.82, 2.24) is 0 Å². The number of rotatable bonds is 4. The number of aryl methyl sites for hydroxylation is 1. The van der Waals surface area contributed by atoms with Gasteiger partial charge in [-0.1, -0.05) is 23.7 Å². The summed E-state index contributed by atoms with van der Waals surface area (Å²) in [6.45, 7) is 2.47. The number of carbonyl (C=O) groups is 1. The van der Waals surface area contributed by atoms with Gasteiger partial charge in [-0.25, -0.2) is 8.42 Å². The standard InChI is InChI=1S/C17H17ClN2O3S/c1-12-11-13(8-9-16(12)20-10-4-7-17(20)21)24(22,23)19-15-6-3-2-5-14(15)18/h2-3,5-6,8-9,11,19H,4,7,10H2,1H3. The summed E-state index contributed by atoms with van der Waals surface area (Å²) in [5, 5.41) is 0.331. The Kier molecular flexibility index (Phi) is 4.51. The van der Waals surface area contributed by atoms with Crippen molar-refractivity contribution in [3.63, 3.8) is 0 Å². The molecule has 0 aliphatic carbocycles. The zero-order valence-corrected chi connectivity index (χ0v) is 14.7. The maximum absolute atomic E-state index is 12.6. The summed E-state index contributed by atoms with van der Waals surface area (Å²) in [6.07, 6.45) is 1.36. The van der Waals surface area contributed by atoms with Gasteiger partial charge in [0, 0.05) is 18.7 Å².